The van der Waals surface area contributed by atoms with Gasteiger partial charge in [0.15, 0.2) is 6.61 Å². The van der Waals surface area contributed by atoms with Crippen LogP contribution in [0.3, 0.4) is 0 Å². The molecule has 3 aromatic rings. The number of carbonyl (C=O) groups is 1. The quantitative estimate of drug-likeness (QED) is 0.538. The number of benzene rings is 2. The number of likely N-dealkylation sites (tertiary alicyclic amines) is 1. The number of anilines is 1. The second-order valence-corrected chi connectivity index (χ2v) is 8.29. The number of hydrogen-bond donors (Lipinski definition) is 0. The molecule has 1 saturated heterocycles. The second-order valence-electron chi connectivity index (χ2n) is 8.29. The summed E-state index contributed by atoms with van der Waals surface area (Å²) in [5, 5.41) is 0. The Labute approximate surface area is 195 Å². The molecule has 1 aliphatic rings. The van der Waals surface area contributed by atoms with Crippen molar-refractivity contribution in [3.05, 3.63) is 66.5 Å². The first-order chi connectivity index (χ1) is 16.1. The van der Waals surface area contributed by atoms with E-state index in [9.17, 15) is 4.79 Å². The molecule has 0 radical (unpaired) electrons. The van der Waals surface area contributed by atoms with Crippen molar-refractivity contribution in [2.24, 2.45) is 0 Å². The van der Waals surface area contributed by atoms with Crippen molar-refractivity contribution in [3.8, 4) is 22.6 Å². The van der Waals surface area contributed by atoms with Crippen molar-refractivity contribution in [1.29, 1.82) is 0 Å². The molecule has 1 aromatic heterocycles. The summed E-state index contributed by atoms with van der Waals surface area (Å²) in [6.45, 7) is 0.689. The van der Waals surface area contributed by atoms with Crippen molar-refractivity contribution in [2.45, 2.75) is 25.3 Å². The van der Waals surface area contributed by atoms with Gasteiger partial charge in [-0.3, -0.25) is 4.79 Å². The number of amides is 1. The van der Waals surface area contributed by atoms with Crippen LogP contribution >= 0.6 is 0 Å². The van der Waals surface area contributed by atoms with Gasteiger partial charge in [-0.15, -0.1) is 0 Å². The number of ether oxygens (including phenoxy) is 2. The van der Waals surface area contributed by atoms with Crippen LogP contribution in [0.25, 0.3) is 11.1 Å². The minimum absolute atomic E-state index is 0.00397. The Morgan fingerprint density at radius 2 is 1.82 bits per heavy atom. The Kier molecular flexibility index (Phi) is 7.07. The average molecular weight is 447 g/mol. The van der Waals surface area contributed by atoms with Crippen molar-refractivity contribution < 1.29 is 14.3 Å². The van der Waals surface area contributed by atoms with Gasteiger partial charge in [0.1, 0.15) is 11.5 Å². The molecule has 0 N–H and O–H groups in total. The molecule has 7 nitrogen and oxygen atoms in total. The molecule has 1 unspecified atom stereocenters. The molecule has 0 spiro atoms. The normalized spacial score (nSPS) is 15.7. The summed E-state index contributed by atoms with van der Waals surface area (Å²) in [6, 6.07) is 17.2. The summed E-state index contributed by atoms with van der Waals surface area (Å²) in [5.41, 5.74) is 2.79. The van der Waals surface area contributed by atoms with Crippen LogP contribution in [0.2, 0.25) is 0 Å². The maximum Gasteiger partial charge on any atom is 0.261 e. The van der Waals surface area contributed by atoms with Crippen LogP contribution in [0.15, 0.2) is 60.8 Å². The summed E-state index contributed by atoms with van der Waals surface area (Å²) in [5.74, 6) is 2.07. The number of piperidine rings is 1. The van der Waals surface area contributed by atoms with Gasteiger partial charge in [-0.1, -0.05) is 30.3 Å². The van der Waals surface area contributed by atoms with Gasteiger partial charge in [0.05, 0.1) is 18.8 Å². The third-order valence-electron chi connectivity index (χ3n) is 5.85. The highest BCUT2D eigenvalue weighted by molar-refractivity contribution is 5.79. The Hall–Kier alpha value is -3.61. The summed E-state index contributed by atoms with van der Waals surface area (Å²) in [4.78, 5) is 26.5. The van der Waals surface area contributed by atoms with Crippen LogP contribution in [0.1, 0.15) is 31.0 Å². The van der Waals surface area contributed by atoms with Gasteiger partial charge < -0.3 is 19.3 Å². The van der Waals surface area contributed by atoms with Gasteiger partial charge in [-0.25, -0.2) is 9.97 Å². The molecule has 1 atom stereocenters. The van der Waals surface area contributed by atoms with Crippen LogP contribution in [-0.2, 0) is 4.79 Å². The van der Waals surface area contributed by atoms with E-state index in [1.165, 1.54) is 0 Å². The molecular formula is C26H30N4O3. The molecule has 33 heavy (non-hydrogen) atoms. The molecular weight excluding hydrogens is 416 g/mol. The predicted molar refractivity (Wildman–Crippen MR) is 129 cm³/mol. The predicted octanol–water partition coefficient (Wildman–Crippen LogP) is 4.35. The van der Waals surface area contributed by atoms with Crippen LogP contribution in [-0.4, -0.2) is 55.1 Å². The average Bonchev–Trinajstić information content (AvgIpc) is 2.87. The number of rotatable bonds is 7. The fourth-order valence-corrected chi connectivity index (χ4v) is 4.11. The van der Waals surface area contributed by atoms with Crippen LogP contribution in [0.5, 0.6) is 11.5 Å². The van der Waals surface area contributed by atoms with E-state index in [2.05, 4.69) is 4.98 Å². The Balaban J connectivity index is 1.66. The summed E-state index contributed by atoms with van der Waals surface area (Å²) < 4.78 is 11.1. The van der Waals surface area contributed by atoms with Crippen molar-refractivity contribution in [3.63, 3.8) is 0 Å². The minimum Gasteiger partial charge on any atom is -0.497 e. The lowest BCUT2D eigenvalue weighted by atomic mass is 9.93. The molecule has 0 saturated carbocycles. The van der Waals surface area contributed by atoms with Gasteiger partial charge in [-0.2, -0.15) is 0 Å². The molecule has 2 aromatic carbocycles. The zero-order valence-electron chi connectivity index (χ0n) is 19.4. The smallest absolute Gasteiger partial charge is 0.261 e. The molecule has 2 heterocycles. The highest BCUT2D eigenvalue weighted by Gasteiger charge is 2.32. The van der Waals surface area contributed by atoms with E-state index >= 15 is 0 Å². The Morgan fingerprint density at radius 3 is 2.52 bits per heavy atom. The van der Waals surface area contributed by atoms with E-state index in [1.54, 1.807) is 7.11 Å². The minimum atomic E-state index is -0.135. The van der Waals surface area contributed by atoms with Crippen molar-refractivity contribution >= 4 is 11.9 Å². The van der Waals surface area contributed by atoms with E-state index in [4.69, 9.17) is 14.5 Å². The van der Waals surface area contributed by atoms with Crippen LogP contribution in [0.4, 0.5) is 5.95 Å². The fraction of sp³-hybridized carbons (Fsp3) is 0.346. The highest BCUT2D eigenvalue weighted by Crippen LogP contribution is 2.37. The first-order valence-electron chi connectivity index (χ1n) is 11.2. The Morgan fingerprint density at radius 1 is 1.06 bits per heavy atom. The standard InChI is InChI=1S/C26H30N4O3/c1-29(2)26-27-17-22(19-12-14-20(32-3)15-13-19)25(28-26)23-11-7-8-16-30(23)24(31)18-33-21-9-5-4-6-10-21/h4-6,9-10,12-15,17,23H,7-8,11,16,18H2,1-3H3. The first kappa shape index (κ1) is 22.6. The SMILES string of the molecule is COc1ccc(-c2cnc(N(C)C)nc2C2CCCCN2C(=O)COc2ccccc2)cc1. The molecule has 1 aliphatic heterocycles. The molecule has 4 rings (SSSR count). The lowest BCUT2D eigenvalue weighted by molar-refractivity contribution is -0.137. The molecule has 0 aliphatic carbocycles. The monoisotopic (exact) mass is 446 g/mol. The van der Waals surface area contributed by atoms with E-state index in [1.807, 2.05) is 84.7 Å². The number of para-hydroxylation sites is 1. The third kappa shape index (κ3) is 5.25. The molecule has 172 valence electrons. The largest absolute Gasteiger partial charge is 0.497 e. The van der Waals surface area contributed by atoms with Gasteiger partial charge in [0.2, 0.25) is 5.95 Å². The number of methoxy groups -OCH3 is 1. The van der Waals surface area contributed by atoms with E-state index in [0.29, 0.717) is 18.2 Å². The molecule has 1 amide bonds. The summed E-state index contributed by atoms with van der Waals surface area (Å²) >= 11 is 0. The number of carbonyl (C=O) groups excluding carboxylic acids is 1. The van der Waals surface area contributed by atoms with E-state index < -0.39 is 0 Å². The first-order valence-corrected chi connectivity index (χ1v) is 11.2. The van der Waals surface area contributed by atoms with Crippen molar-refractivity contribution in [2.75, 3.05) is 39.3 Å². The zero-order valence-corrected chi connectivity index (χ0v) is 19.4. The van der Waals surface area contributed by atoms with Crippen molar-refractivity contribution in [1.82, 2.24) is 14.9 Å². The lowest BCUT2D eigenvalue weighted by Crippen LogP contribution is -2.41. The number of aromatic nitrogens is 2. The fourth-order valence-electron chi connectivity index (χ4n) is 4.11. The number of hydrogen-bond acceptors (Lipinski definition) is 6. The van der Waals surface area contributed by atoms with Gasteiger partial charge >= 0.3 is 0 Å². The topological polar surface area (TPSA) is 67.8 Å². The van der Waals surface area contributed by atoms with E-state index in [-0.39, 0.29) is 18.6 Å². The third-order valence-corrected chi connectivity index (χ3v) is 5.85. The zero-order chi connectivity index (χ0) is 23.2. The Bertz CT molecular complexity index is 1070. The maximum atomic E-state index is 13.2. The van der Waals surface area contributed by atoms with Gasteiger partial charge in [0, 0.05) is 32.4 Å². The van der Waals surface area contributed by atoms with Gasteiger partial charge in [-0.05, 0) is 49.1 Å². The molecule has 7 heteroatoms. The van der Waals surface area contributed by atoms with Crippen LogP contribution < -0.4 is 14.4 Å². The van der Waals surface area contributed by atoms with Gasteiger partial charge in [0.25, 0.3) is 5.91 Å². The highest BCUT2D eigenvalue weighted by atomic mass is 16.5. The second kappa shape index (κ2) is 10.3. The number of nitrogens with zero attached hydrogens (tertiary/aromatic N) is 4. The molecule has 1 fully saturated rings. The molecule has 0 bridgehead atoms. The summed E-state index contributed by atoms with van der Waals surface area (Å²) in [6.07, 6.45) is 4.72. The lowest BCUT2D eigenvalue weighted by Gasteiger charge is -2.36. The van der Waals surface area contributed by atoms with E-state index in [0.717, 1.165) is 41.8 Å². The van der Waals surface area contributed by atoms with Crippen LogP contribution in [0, 0.1) is 0 Å². The maximum absolute atomic E-state index is 13.2. The summed E-state index contributed by atoms with van der Waals surface area (Å²) in [7, 11) is 5.49.